The second-order valence-electron chi connectivity index (χ2n) is 3.81. The number of aliphatic hydroxyl groups is 1. The van der Waals surface area contributed by atoms with Crippen LogP contribution in [0.15, 0.2) is 0 Å². The van der Waals surface area contributed by atoms with Crippen LogP contribution in [0.5, 0.6) is 0 Å². The molecule has 12 heavy (non-hydrogen) atoms. The van der Waals surface area contributed by atoms with Crippen LogP contribution in [0.1, 0.15) is 20.3 Å². The zero-order chi connectivity index (χ0) is 9.30. The third-order valence-corrected chi connectivity index (χ3v) is 2.81. The highest BCUT2D eigenvalue weighted by molar-refractivity contribution is 5.79. The van der Waals surface area contributed by atoms with Gasteiger partial charge >= 0.3 is 0 Å². The minimum Gasteiger partial charge on any atom is -0.392 e. The van der Waals surface area contributed by atoms with Crippen LogP contribution in [0.2, 0.25) is 0 Å². The van der Waals surface area contributed by atoms with Crippen molar-refractivity contribution < 1.29 is 9.90 Å². The van der Waals surface area contributed by atoms with E-state index in [1.807, 2.05) is 7.05 Å². The Labute approximate surface area is 73.4 Å². The maximum atomic E-state index is 11.1. The van der Waals surface area contributed by atoms with Crippen LogP contribution in [0.3, 0.4) is 0 Å². The Hall–Kier alpha value is -0.410. The highest BCUT2D eigenvalue weighted by Gasteiger charge is 2.32. The number of aliphatic hydroxyl groups excluding tert-OH is 1. The molecular formula is C9H17NO2. The maximum absolute atomic E-state index is 11.1. The van der Waals surface area contributed by atoms with E-state index < -0.39 is 6.10 Å². The summed E-state index contributed by atoms with van der Waals surface area (Å²) in [5, 5.41) is 9.58. The number of hydrogen-bond acceptors (Lipinski definition) is 3. The standard InChI is InChI=1S/C9H17NO2/c1-6-4-9(12)8(7(2)11)5-10(6)3/h6,8-9,12H,4-5H2,1-3H3/t6-,8?,9?/m0/s1. The van der Waals surface area contributed by atoms with Gasteiger partial charge in [0.15, 0.2) is 0 Å². The average molecular weight is 171 g/mol. The van der Waals surface area contributed by atoms with Gasteiger partial charge in [0.2, 0.25) is 0 Å². The predicted molar refractivity (Wildman–Crippen MR) is 46.9 cm³/mol. The van der Waals surface area contributed by atoms with Crippen LogP contribution < -0.4 is 0 Å². The Morgan fingerprint density at radius 1 is 1.58 bits per heavy atom. The molecule has 3 nitrogen and oxygen atoms in total. The summed E-state index contributed by atoms with van der Waals surface area (Å²) in [6, 6.07) is 0.385. The first-order chi connectivity index (χ1) is 5.52. The van der Waals surface area contributed by atoms with Crippen molar-refractivity contribution in [1.29, 1.82) is 0 Å². The number of nitrogens with zero attached hydrogens (tertiary/aromatic N) is 1. The molecule has 3 atom stereocenters. The number of ketones is 1. The number of Topliss-reactive ketones (excluding diaryl/α,β-unsaturated/α-hetero) is 1. The molecule has 0 radical (unpaired) electrons. The van der Waals surface area contributed by atoms with E-state index in [4.69, 9.17) is 0 Å². The molecule has 1 rings (SSSR count). The Bertz CT molecular complexity index is 181. The largest absolute Gasteiger partial charge is 0.392 e. The van der Waals surface area contributed by atoms with E-state index in [0.717, 1.165) is 0 Å². The van der Waals surface area contributed by atoms with Crippen molar-refractivity contribution in [3.63, 3.8) is 0 Å². The van der Waals surface area contributed by atoms with Gasteiger partial charge < -0.3 is 10.0 Å². The third-order valence-electron chi connectivity index (χ3n) is 2.81. The summed E-state index contributed by atoms with van der Waals surface area (Å²) >= 11 is 0. The zero-order valence-electron chi connectivity index (χ0n) is 7.95. The van der Waals surface area contributed by atoms with E-state index in [0.29, 0.717) is 19.0 Å². The molecule has 3 heteroatoms. The van der Waals surface area contributed by atoms with Gasteiger partial charge in [-0.15, -0.1) is 0 Å². The summed E-state index contributed by atoms with van der Waals surface area (Å²) in [5.41, 5.74) is 0. The van der Waals surface area contributed by atoms with Gasteiger partial charge in [-0.25, -0.2) is 0 Å². The number of hydrogen-bond donors (Lipinski definition) is 1. The molecule has 0 bridgehead atoms. The van der Waals surface area contributed by atoms with Gasteiger partial charge in [0.25, 0.3) is 0 Å². The molecule has 0 aromatic rings. The Morgan fingerprint density at radius 2 is 2.17 bits per heavy atom. The molecule has 0 aromatic carbocycles. The highest BCUT2D eigenvalue weighted by Crippen LogP contribution is 2.21. The predicted octanol–water partition coefficient (Wildman–Crippen LogP) is 0.277. The molecule has 0 spiro atoms. The molecule has 0 aromatic heterocycles. The van der Waals surface area contributed by atoms with E-state index in [1.165, 1.54) is 0 Å². The molecule has 0 saturated carbocycles. The number of carbonyl (C=O) groups excluding carboxylic acids is 1. The molecule has 0 aliphatic carbocycles. The first kappa shape index (κ1) is 9.68. The molecule has 1 N–H and O–H groups in total. The van der Waals surface area contributed by atoms with E-state index >= 15 is 0 Å². The fraction of sp³-hybridized carbons (Fsp3) is 0.889. The van der Waals surface area contributed by atoms with Gasteiger partial charge in [0, 0.05) is 12.6 Å². The van der Waals surface area contributed by atoms with E-state index in [9.17, 15) is 9.90 Å². The van der Waals surface area contributed by atoms with Crippen molar-refractivity contribution in [3.05, 3.63) is 0 Å². The number of piperidine rings is 1. The quantitative estimate of drug-likeness (QED) is 0.616. The van der Waals surface area contributed by atoms with Gasteiger partial charge in [-0.2, -0.15) is 0 Å². The van der Waals surface area contributed by atoms with Crippen LogP contribution in [-0.4, -0.2) is 41.5 Å². The SMILES string of the molecule is CC(=O)C1CN(C)[C@@H](C)CC1O. The van der Waals surface area contributed by atoms with E-state index in [1.54, 1.807) is 6.92 Å². The lowest BCUT2D eigenvalue weighted by Gasteiger charge is -2.37. The Balaban J connectivity index is 2.61. The lowest BCUT2D eigenvalue weighted by Crippen LogP contribution is -2.48. The number of carbonyl (C=O) groups is 1. The molecule has 0 amide bonds. The molecule has 70 valence electrons. The summed E-state index contributed by atoms with van der Waals surface area (Å²) in [7, 11) is 1.99. The average Bonchev–Trinajstić information content (AvgIpc) is 1.96. The highest BCUT2D eigenvalue weighted by atomic mass is 16.3. The summed E-state index contributed by atoms with van der Waals surface area (Å²) in [6.07, 6.45) is 0.273. The van der Waals surface area contributed by atoms with Crippen molar-refractivity contribution in [1.82, 2.24) is 4.90 Å². The summed E-state index contributed by atoms with van der Waals surface area (Å²) in [6.45, 7) is 4.31. The van der Waals surface area contributed by atoms with Crippen molar-refractivity contribution in [2.45, 2.75) is 32.4 Å². The monoisotopic (exact) mass is 171 g/mol. The lowest BCUT2D eigenvalue weighted by atomic mass is 9.88. The first-order valence-corrected chi connectivity index (χ1v) is 4.41. The smallest absolute Gasteiger partial charge is 0.136 e. The van der Waals surface area contributed by atoms with Gasteiger partial charge in [-0.3, -0.25) is 4.79 Å². The van der Waals surface area contributed by atoms with Crippen molar-refractivity contribution in [3.8, 4) is 0 Å². The summed E-state index contributed by atoms with van der Waals surface area (Å²) < 4.78 is 0. The fourth-order valence-corrected chi connectivity index (χ4v) is 1.71. The van der Waals surface area contributed by atoms with Crippen LogP contribution in [0.25, 0.3) is 0 Å². The minimum absolute atomic E-state index is 0.0984. The zero-order valence-corrected chi connectivity index (χ0v) is 7.95. The van der Waals surface area contributed by atoms with Crippen molar-refractivity contribution in [2.24, 2.45) is 5.92 Å². The second-order valence-corrected chi connectivity index (χ2v) is 3.81. The van der Waals surface area contributed by atoms with Crippen molar-refractivity contribution in [2.75, 3.05) is 13.6 Å². The summed E-state index contributed by atoms with van der Waals surface area (Å²) in [5.74, 6) is -0.0764. The first-order valence-electron chi connectivity index (χ1n) is 4.41. The third kappa shape index (κ3) is 1.84. The maximum Gasteiger partial charge on any atom is 0.136 e. The fourth-order valence-electron chi connectivity index (χ4n) is 1.71. The molecule has 2 unspecified atom stereocenters. The molecule has 1 saturated heterocycles. The van der Waals surface area contributed by atoms with Crippen LogP contribution in [-0.2, 0) is 4.79 Å². The van der Waals surface area contributed by atoms with E-state index in [2.05, 4.69) is 11.8 Å². The normalized spacial score (nSPS) is 38.2. The van der Waals surface area contributed by atoms with Gasteiger partial charge in [-0.1, -0.05) is 0 Å². The van der Waals surface area contributed by atoms with Crippen molar-refractivity contribution >= 4 is 5.78 Å². The molecular weight excluding hydrogens is 154 g/mol. The van der Waals surface area contributed by atoms with E-state index in [-0.39, 0.29) is 11.7 Å². The van der Waals surface area contributed by atoms with Crippen LogP contribution in [0.4, 0.5) is 0 Å². The molecule has 1 heterocycles. The number of likely N-dealkylation sites (tertiary alicyclic amines) is 1. The number of rotatable bonds is 1. The van der Waals surface area contributed by atoms with Crippen LogP contribution in [0, 0.1) is 5.92 Å². The molecule has 1 aliphatic rings. The minimum atomic E-state index is -0.436. The molecule has 1 aliphatic heterocycles. The van der Waals surface area contributed by atoms with Crippen LogP contribution >= 0.6 is 0 Å². The second kappa shape index (κ2) is 3.54. The Kier molecular flexibility index (Phi) is 2.85. The molecule has 1 fully saturated rings. The lowest BCUT2D eigenvalue weighted by molar-refractivity contribution is -0.127. The Morgan fingerprint density at radius 3 is 2.67 bits per heavy atom. The van der Waals surface area contributed by atoms with Gasteiger partial charge in [0.05, 0.1) is 12.0 Å². The van der Waals surface area contributed by atoms with Gasteiger partial charge in [0.1, 0.15) is 5.78 Å². The topological polar surface area (TPSA) is 40.5 Å². The summed E-state index contributed by atoms with van der Waals surface area (Å²) in [4.78, 5) is 13.2. The van der Waals surface area contributed by atoms with Gasteiger partial charge in [-0.05, 0) is 27.3 Å².